The minimum absolute atomic E-state index is 0.380. The summed E-state index contributed by atoms with van der Waals surface area (Å²) >= 11 is 9.57. The highest BCUT2D eigenvalue weighted by atomic mass is 32.2. The van der Waals surface area contributed by atoms with Gasteiger partial charge in [0.2, 0.25) is 0 Å². The molecule has 2 rings (SSSR count). The van der Waals surface area contributed by atoms with Crippen molar-refractivity contribution in [3.8, 4) is 0 Å². The van der Waals surface area contributed by atoms with Crippen molar-refractivity contribution in [3.63, 3.8) is 0 Å². The van der Waals surface area contributed by atoms with Gasteiger partial charge in [0.05, 0.1) is 8.16 Å². The van der Waals surface area contributed by atoms with Gasteiger partial charge in [0.1, 0.15) is 0 Å². The van der Waals surface area contributed by atoms with Crippen LogP contribution in [0, 0.1) is 10.8 Å². The third-order valence-corrected chi connectivity index (χ3v) is 16.1. The molecule has 2 fully saturated rings. The van der Waals surface area contributed by atoms with E-state index in [1.54, 1.807) is 0 Å². The number of rotatable bonds is 19. The van der Waals surface area contributed by atoms with Gasteiger partial charge in [-0.05, 0) is 72.4 Å². The molecule has 0 saturated carbocycles. The van der Waals surface area contributed by atoms with Crippen LogP contribution >= 0.6 is 47.0 Å². The predicted molar refractivity (Wildman–Crippen MR) is 177 cm³/mol. The number of unbranched alkanes of at least 4 members (excludes halogenated alkanes) is 10. The molecule has 2 aliphatic rings. The largest absolute Gasteiger partial charge is 0.142 e. The van der Waals surface area contributed by atoms with E-state index in [1.807, 2.05) is 0 Å². The first-order valence-corrected chi connectivity index (χ1v) is 19.7. The maximum Gasteiger partial charge on any atom is 0.0853 e. The van der Waals surface area contributed by atoms with Gasteiger partial charge in [0.25, 0.3) is 0 Å². The smallest absolute Gasteiger partial charge is 0.0853 e. The van der Waals surface area contributed by atoms with E-state index in [0.29, 0.717) is 19.0 Å². The highest BCUT2D eigenvalue weighted by Crippen LogP contribution is 2.68. The molecule has 0 amide bonds. The molecule has 214 valence electrons. The fourth-order valence-corrected chi connectivity index (χ4v) is 15.3. The van der Waals surface area contributed by atoms with E-state index in [0.717, 1.165) is 0 Å². The van der Waals surface area contributed by atoms with Gasteiger partial charge < -0.3 is 0 Å². The minimum Gasteiger partial charge on any atom is -0.142 e. The maximum absolute atomic E-state index is 2.61. The van der Waals surface area contributed by atoms with Gasteiger partial charge in [0, 0.05) is 0 Å². The van der Waals surface area contributed by atoms with Crippen LogP contribution in [0.15, 0.2) is 0 Å². The standard InChI is InChI=1S/C32H62S4/c1-7-9-11-13-15-17-21-29(3,4)27-31(33-23-19-24-34-31)32(35-25-20-26-36-32)28-30(5,6)22-18-16-14-12-10-8-2/h7-28H2,1-6H3. The highest BCUT2D eigenvalue weighted by Gasteiger charge is 2.57. The Morgan fingerprint density at radius 2 is 0.778 bits per heavy atom. The van der Waals surface area contributed by atoms with Crippen LogP contribution < -0.4 is 0 Å². The normalized spacial score (nSPS) is 20.5. The predicted octanol–water partition coefficient (Wildman–Crippen LogP) is 12.5. The lowest BCUT2D eigenvalue weighted by molar-refractivity contribution is 0.243. The Morgan fingerprint density at radius 3 is 1.11 bits per heavy atom. The summed E-state index contributed by atoms with van der Waals surface area (Å²) in [5, 5.41) is 0. The van der Waals surface area contributed by atoms with E-state index in [1.165, 1.54) is 139 Å². The maximum atomic E-state index is 2.61. The summed E-state index contributed by atoms with van der Waals surface area (Å²) in [6.07, 6.45) is 25.5. The molecule has 0 unspecified atom stereocenters. The Hall–Kier alpha value is 1.40. The van der Waals surface area contributed by atoms with Crippen LogP contribution in [-0.2, 0) is 0 Å². The third-order valence-electron chi connectivity index (χ3n) is 8.34. The van der Waals surface area contributed by atoms with Crippen molar-refractivity contribution < 1.29 is 0 Å². The summed E-state index contributed by atoms with van der Waals surface area (Å²) in [4.78, 5) is 0. The molecule has 2 saturated heterocycles. The molecule has 0 N–H and O–H groups in total. The van der Waals surface area contributed by atoms with E-state index in [9.17, 15) is 0 Å². The van der Waals surface area contributed by atoms with Crippen LogP contribution in [0.1, 0.15) is 157 Å². The van der Waals surface area contributed by atoms with E-state index >= 15 is 0 Å². The van der Waals surface area contributed by atoms with Crippen LogP contribution in [0.3, 0.4) is 0 Å². The van der Waals surface area contributed by atoms with Crippen LogP contribution in [0.2, 0.25) is 0 Å². The fraction of sp³-hybridized carbons (Fsp3) is 1.00. The fourth-order valence-electron chi connectivity index (χ4n) is 6.27. The summed E-state index contributed by atoms with van der Waals surface area (Å²) in [7, 11) is 0. The quantitative estimate of drug-likeness (QED) is 0.141. The lowest BCUT2D eigenvalue weighted by Gasteiger charge is -2.56. The first-order valence-electron chi connectivity index (χ1n) is 15.8. The number of hydrogen-bond acceptors (Lipinski definition) is 4. The van der Waals surface area contributed by atoms with E-state index in [4.69, 9.17) is 0 Å². The summed E-state index contributed by atoms with van der Waals surface area (Å²) in [5.74, 6) is 5.50. The summed E-state index contributed by atoms with van der Waals surface area (Å²) in [6.45, 7) is 15.1. The molecule has 4 heteroatoms. The molecule has 0 aromatic rings. The van der Waals surface area contributed by atoms with Crippen molar-refractivity contribution in [2.45, 2.75) is 165 Å². The first-order chi connectivity index (χ1) is 17.2. The van der Waals surface area contributed by atoms with Crippen LogP contribution in [0.25, 0.3) is 0 Å². The van der Waals surface area contributed by atoms with Crippen LogP contribution in [-0.4, -0.2) is 31.2 Å². The van der Waals surface area contributed by atoms with Gasteiger partial charge in [-0.3, -0.25) is 0 Å². The second kappa shape index (κ2) is 17.3. The highest BCUT2D eigenvalue weighted by molar-refractivity contribution is 8.25. The monoisotopic (exact) mass is 574 g/mol. The Balaban J connectivity index is 2.09. The van der Waals surface area contributed by atoms with Gasteiger partial charge in [-0.15, -0.1) is 47.0 Å². The van der Waals surface area contributed by atoms with E-state index in [2.05, 4.69) is 88.6 Å². The average Bonchev–Trinajstić information content (AvgIpc) is 2.84. The SMILES string of the molecule is CCCCCCCCC(C)(C)CC1(C2(CC(C)(C)CCCCCCCC)SCCCS2)SCCCS1. The second-order valence-corrected chi connectivity index (χ2v) is 19.4. The zero-order valence-corrected chi connectivity index (χ0v) is 28.5. The van der Waals surface area contributed by atoms with E-state index < -0.39 is 0 Å². The van der Waals surface area contributed by atoms with Crippen molar-refractivity contribution in [3.05, 3.63) is 0 Å². The van der Waals surface area contributed by atoms with Gasteiger partial charge >= 0.3 is 0 Å². The van der Waals surface area contributed by atoms with Gasteiger partial charge in [-0.1, -0.05) is 119 Å². The molecule has 0 atom stereocenters. The summed E-state index contributed by atoms with van der Waals surface area (Å²) in [6, 6.07) is 0. The first kappa shape index (κ1) is 33.6. The molecule has 0 aromatic carbocycles. The Bertz CT molecular complexity index is 509. The number of hydrogen-bond donors (Lipinski definition) is 0. The van der Waals surface area contributed by atoms with Gasteiger partial charge in [-0.25, -0.2) is 0 Å². The molecule has 0 aromatic heterocycles. The summed E-state index contributed by atoms with van der Waals surface area (Å²) < 4.78 is 0.760. The summed E-state index contributed by atoms with van der Waals surface area (Å²) in [5.41, 5.74) is 0.883. The van der Waals surface area contributed by atoms with Crippen molar-refractivity contribution in [2.24, 2.45) is 10.8 Å². The molecule has 0 aliphatic carbocycles. The molecule has 0 spiro atoms. The van der Waals surface area contributed by atoms with Crippen LogP contribution in [0.4, 0.5) is 0 Å². The minimum atomic E-state index is 0.380. The molecule has 2 aliphatic heterocycles. The Labute approximate surface area is 245 Å². The van der Waals surface area contributed by atoms with Crippen molar-refractivity contribution >= 4 is 47.0 Å². The topological polar surface area (TPSA) is 0 Å². The van der Waals surface area contributed by atoms with Crippen LogP contribution in [0.5, 0.6) is 0 Å². The third kappa shape index (κ3) is 11.5. The van der Waals surface area contributed by atoms with Gasteiger partial charge in [0.15, 0.2) is 0 Å². The molecule has 0 bridgehead atoms. The Morgan fingerprint density at radius 1 is 0.472 bits per heavy atom. The molecule has 2 heterocycles. The van der Waals surface area contributed by atoms with Crippen molar-refractivity contribution in [1.29, 1.82) is 0 Å². The van der Waals surface area contributed by atoms with Crippen molar-refractivity contribution in [2.75, 3.05) is 23.0 Å². The Kier molecular flexibility index (Phi) is 16.1. The molecule has 0 radical (unpaired) electrons. The zero-order valence-electron chi connectivity index (χ0n) is 25.2. The van der Waals surface area contributed by atoms with E-state index in [-0.39, 0.29) is 0 Å². The van der Waals surface area contributed by atoms with Crippen molar-refractivity contribution in [1.82, 2.24) is 0 Å². The molecular weight excluding hydrogens is 513 g/mol. The lowest BCUT2D eigenvalue weighted by atomic mass is 9.77. The van der Waals surface area contributed by atoms with Gasteiger partial charge in [-0.2, -0.15) is 0 Å². The zero-order chi connectivity index (χ0) is 26.4. The molecule has 0 nitrogen and oxygen atoms in total. The molecular formula is C32H62S4. The second-order valence-electron chi connectivity index (χ2n) is 13.3. The lowest BCUT2D eigenvalue weighted by Crippen LogP contribution is -2.52. The average molecular weight is 575 g/mol. The molecule has 36 heavy (non-hydrogen) atoms. The number of thioether (sulfide) groups is 4.